The van der Waals surface area contributed by atoms with Crippen LogP contribution in [0.2, 0.25) is 0 Å². The molecule has 17 N–H and O–H groups in total. The van der Waals surface area contributed by atoms with E-state index in [0.29, 0.717) is 0 Å². The number of rotatable bonds is 41. The summed E-state index contributed by atoms with van der Waals surface area (Å²) >= 11 is 17.9. The van der Waals surface area contributed by atoms with E-state index in [-0.39, 0.29) is 61.9 Å². The molecule has 0 bridgehead atoms. The Bertz CT molecular complexity index is 4350. The summed E-state index contributed by atoms with van der Waals surface area (Å²) in [5, 5.41) is 99.7. The van der Waals surface area contributed by atoms with E-state index in [1.165, 1.54) is 72.8 Å². The van der Waals surface area contributed by atoms with E-state index >= 15 is 14.4 Å². The zero-order valence-electron chi connectivity index (χ0n) is 69.5. The van der Waals surface area contributed by atoms with Crippen molar-refractivity contribution in [2.75, 3.05) is 32.9 Å². The molecule has 4 saturated heterocycles. The molecule has 4 heterocycles. The number of carbonyl (C=O) groups is 15. The highest BCUT2D eigenvalue weighted by atomic mass is 35.6. The Balaban J connectivity index is 1.26. The lowest BCUT2D eigenvalue weighted by molar-refractivity contribution is -0.305. The highest BCUT2D eigenvalue weighted by Crippen LogP contribution is 2.34. The van der Waals surface area contributed by atoms with E-state index in [9.17, 15) is 98.8 Å². The maximum Gasteiger partial charge on any atom is 0.407 e. The highest BCUT2D eigenvalue weighted by molar-refractivity contribution is 6.67. The minimum atomic E-state index is -2.33. The molecule has 3 aromatic rings. The average Bonchev–Trinajstić information content (AvgIpc) is 0.952. The summed E-state index contributed by atoms with van der Waals surface area (Å²) in [5.41, 5.74) is 15.2. The van der Waals surface area contributed by atoms with E-state index in [0.717, 1.165) is 51.3 Å². The monoisotopic (exact) mass is 1830 g/mol. The molecule has 4 aliphatic heterocycles. The van der Waals surface area contributed by atoms with Gasteiger partial charge >= 0.3 is 30.0 Å². The van der Waals surface area contributed by atoms with Gasteiger partial charge in [0.2, 0.25) is 62.9 Å². The van der Waals surface area contributed by atoms with Crippen LogP contribution in [0.4, 0.5) is 4.79 Å². The van der Waals surface area contributed by atoms with Gasteiger partial charge in [-0.3, -0.25) is 52.7 Å². The van der Waals surface area contributed by atoms with Gasteiger partial charge in [0.05, 0.1) is 59.9 Å². The summed E-state index contributed by atoms with van der Waals surface area (Å²) in [6.07, 6.45) is -28.0. The van der Waals surface area contributed by atoms with Crippen molar-refractivity contribution in [3.8, 4) is 0 Å². The minimum Gasteiger partial charge on any atom is -0.481 e. The van der Waals surface area contributed by atoms with Gasteiger partial charge in [-0.05, 0) is 115 Å². The van der Waals surface area contributed by atoms with Gasteiger partial charge in [-0.1, -0.05) is 115 Å². The van der Waals surface area contributed by atoms with Crippen LogP contribution in [0, 0.1) is 5.92 Å². The number of nitrogens with zero attached hydrogens (tertiary/aromatic N) is 5. The molecule has 0 aliphatic carbocycles. The first-order chi connectivity index (χ1) is 59.5. The minimum absolute atomic E-state index is 0.0115. The first-order valence-electron chi connectivity index (χ1n) is 40.1. The molecule has 0 aromatic heterocycles. The fourth-order valence-corrected chi connectivity index (χ4v) is 14.2. The van der Waals surface area contributed by atoms with Crippen LogP contribution in [-0.2, 0) is 90.6 Å². The number of alkyl halides is 3. The number of nitrogens with two attached hydrogens (primary N) is 1. The second kappa shape index (κ2) is 47.7. The molecule has 692 valence electrons. The Hall–Kier alpha value is -10.7. The third-order valence-electron chi connectivity index (χ3n) is 20.9. The number of aliphatic carboxylic acids is 1. The fourth-order valence-electron chi connectivity index (χ4n) is 14.1. The van der Waals surface area contributed by atoms with E-state index in [2.05, 4.69) is 52.6 Å². The smallest absolute Gasteiger partial charge is 0.407 e. The topological polar surface area (TPSA) is 649 Å². The number of primary amides is 1. The van der Waals surface area contributed by atoms with Crippen molar-refractivity contribution < 1.29 is 146 Å². The number of alkyl carbamates (subject to hydrolysis) is 1. The van der Waals surface area contributed by atoms with Crippen LogP contribution in [0.25, 0.3) is 10.4 Å². The van der Waals surface area contributed by atoms with E-state index in [4.69, 9.17) is 78.4 Å². The summed E-state index contributed by atoms with van der Waals surface area (Å²) in [5.74, 6) is -16.4. The van der Waals surface area contributed by atoms with Gasteiger partial charge in [0.15, 0.2) is 24.8 Å². The van der Waals surface area contributed by atoms with Crippen LogP contribution < -0.4 is 48.3 Å². The van der Waals surface area contributed by atoms with Crippen LogP contribution in [0.1, 0.15) is 131 Å². The van der Waals surface area contributed by atoms with E-state index in [1.807, 2.05) is 0 Å². The highest BCUT2D eigenvalue weighted by Gasteiger charge is 2.55. The molecule has 4 fully saturated rings. The number of benzene rings is 3. The fraction of sp³-hybridized carbons (Fsp3) is 0.582. The van der Waals surface area contributed by atoms with Crippen molar-refractivity contribution in [3.05, 3.63) is 118 Å². The van der Waals surface area contributed by atoms with Crippen molar-refractivity contribution in [1.29, 1.82) is 0 Å². The number of carboxylic acid groups (broad SMARTS) is 1. The van der Waals surface area contributed by atoms with Crippen molar-refractivity contribution in [2.24, 2.45) is 16.8 Å². The van der Waals surface area contributed by atoms with Crippen LogP contribution >= 0.6 is 34.8 Å². The van der Waals surface area contributed by atoms with E-state index < -0.39 is 278 Å². The van der Waals surface area contributed by atoms with Gasteiger partial charge in [0, 0.05) is 31.3 Å². The van der Waals surface area contributed by atoms with Crippen molar-refractivity contribution in [1.82, 2.24) is 52.3 Å². The van der Waals surface area contributed by atoms with Crippen molar-refractivity contribution in [2.45, 2.75) is 250 Å². The summed E-state index contributed by atoms with van der Waals surface area (Å²) in [4.78, 5) is 213. The lowest BCUT2D eigenvalue weighted by Gasteiger charge is -2.46. The molecule has 25 atom stereocenters. The SMILES string of the molecule is CC[C@H](C)[C@H](NC(=O)[C@@H]1CCCN1C(=O)[C@@H](NC(=O)[C@@H](NC(=O)[C@@H](NC(=O)[C@@H]1CCCN1C(=O)[C@H](CCC(=O)O)NC(C)=O)[C@@H](C)O)[C@@H](C)O[C@H]1O[C@H](CO[C@@H]2O[C@H](COC(=O)c3ccccc3)[C@@H](OC(=O)c3ccccc3)[C@H](OC(=O)c3ccccc3)[C@H]2NC(=O)OCC(Cl)(Cl)Cl)[C@H](O)[C@H](O)[C@H]1N=[N+]=[N-])[C@@H](C)O)C(=O)N[C@H](C(=O)N[C@H](C(N)=O)[C@@H](C)O)[C@@H](C)O. The summed E-state index contributed by atoms with van der Waals surface area (Å²) in [7, 11) is 0. The molecule has 4 aliphatic rings. The van der Waals surface area contributed by atoms with Gasteiger partial charge in [-0.25, -0.2) is 19.2 Å². The standard InChI is InChI=1S/C79H105Cl3N14O30/c1-9-36(2)52(67(109)89-55(39(5)99)68(110)87-53(37(3)97)64(83)106)86-65(107)48-28-20-32-96(48)72(114)56(40(6)100)90-70(112)57(91-69(111)54(38(4)98)88-66(108)47-27-19-31-95(47)71(113)46(85-42(8)101)29-30-51(102)103)41(7)122-77-58(93-94-84)61(105)60(104)49(123-77)33-120-76-59(92-78(118)121-35-79(80,81)82)63(126-75(117)45-25-17-12-18-26-45)62(125-74(116)44-23-15-11-16-24-44)50(124-76)34-119-73(115)43-21-13-10-14-22-43/h10-18,21-26,36-41,46-50,52-63,76-77,97-100,104-105H,9,19-20,27-35H2,1-8H3,(H2,83,106)(H,85,101)(H,86,107)(H,87,110)(H,88,108)(H,89,109)(H,90,112)(H,91,111)(H,92,118)(H,102,103)/t36-,37+,38+,39+,40+,41+,46-,47-,48-,49+,50+,52-,53-,54-,55-,56-,57-,58+,59+,60-,61+,62+,63+,76+,77-/m0/s1. The Morgan fingerprint density at radius 2 is 1.02 bits per heavy atom. The number of carbonyl (C=O) groups excluding carboxylic acids is 14. The Labute approximate surface area is 736 Å². The number of azide groups is 1. The predicted molar refractivity (Wildman–Crippen MR) is 436 cm³/mol. The van der Waals surface area contributed by atoms with Gasteiger partial charge in [-0.15, -0.1) is 0 Å². The van der Waals surface area contributed by atoms with E-state index in [1.54, 1.807) is 32.0 Å². The number of ether oxygens (including phenoxy) is 8. The normalized spacial score (nSPS) is 24.2. The molecule has 126 heavy (non-hydrogen) atoms. The zero-order valence-corrected chi connectivity index (χ0v) is 71.8. The first-order valence-corrected chi connectivity index (χ1v) is 41.3. The Morgan fingerprint density at radius 1 is 0.571 bits per heavy atom. The van der Waals surface area contributed by atoms with Gasteiger partial charge < -0.3 is 132 Å². The molecule has 11 amide bonds. The average molecular weight is 1840 g/mol. The summed E-state index contributed by atoms with van der Waals surface area (Å²) in [6.45, 7) is 6.33. The number of carboxylic acids is 1. The Morgan fingerprint density at radius 3 is 1.51 bits per heavy atom. The number of esters is 3. The lowest BCUT2D eigenvalue weighted by Crippen LogP contribution is -2.67. The van der Waals surface area contributed by atoms with Crippen molar-refractivity contribution >= 4 is 124 Å². The predicted octanol–water partition coefficient (Wildman–Crippen LogP) is -1.65. The molecule has 3 aromatic carbocycles. The van der Waals surface area contributed by atoms with Crippen LogP contribution in [0.15, 0.2) is 96.1 Å². The van der Waals surface area contributed by atoms with Gasteiger partial charge in [0.1, 0.15) is 98.0 Å². The summed E-state index contributed by atoms with van der Waals surface area (Å²) < 4.78 is 46.2. The number of amides is 11. The van der Waals surface area contributed by atoms with Gasteiger partial charge in [-0.2, -0.15) is 0 Å². The molecule has 47 heteroatoms. The second-order valence-electron chi connectivity index (χ2n) is 30.5. The second-order valence-corrected chi connectivity index (χ2v) is 33.0. The van der Waals surface area contributed by atoms with Crippen molar-refractivity contribution in [3.63, 3.8) is 0 Å². The number of likely N-dealkylation sites (tertiary alicyclic amines) is 2. The third kappa shape index (κ3) is 28.7. The largest absolute Gasteiger partial charge is 0.481 e. The molecule has 0 unspecified atom stereocenters. The molecular formula is C79H105Cl3N14O30. The first kappa shape index (κ1) is 102. The number of aliphatic hydroxyl groups excluding tert-OH is 6. The van der Waals surface area contributed by atoms with Crippen LogP contribution in [-0.4, -0.2) is 317 Å². The molecular weight excluding hydrogens is 1730 g/mol. The number of nitrogens with one attached hydrogen (secondary N) is 8. The molecule has 0 saturated carbocycles. The molecule has 0 radical (unpaired) electrons. The van der Waals surface area contributed by atoms with Gasteiger partial charge in [0.25, 0.3) is 0 Å². The Kier molecular flexibility index (Phi) is 38.8. The lowest BCUT2D eigenvalue weighted by atomic mass is 9.95. The number of aliphatic hydroxyl groups is 6. The third-order valence-corrected chi connectivity index (χ3v) is 21.2. The molecule has 7 rings (SSSR count). The zero-order chi connectivity index (χ0) is 93.3. The quantitative estimate of drug-likeness (QED) is 0.00755. The molecule has 0 spiro atoms. The molecule has 44 nitrogen and oxygen atoms in total. The maximum absolute atomic E-state index is 15.5. The van der Waals surface area contributed by atoms with Crippen LogP contribution in [0.5, 0.6) is 0 Å². The number of hydrogen-bond donors (Lipinski definition) is 16. The van der Waals surface area contributed by atoms with Crippen LogP contribution in [0.3, 0.4) is 0 Å². The number of halogens is 3. The summed E-state index contributed by atoms with van der Waals surface area (Å²) in [6, 6.07) is 1.80. The maximum atomic E-state index is 15.5. The number of hydrogen-bond acceptors (Lipinski definition) is 30.